The normalized spacial score (nSPS) is 47.8. The third kappa shape index (κ3) is 3.64. The molecule has 4 aliphatic rings. The summed E-state index contributed by atoms with van der Waals surface area (Å²) >= 11 is 0. The summed E-state index contributed by atoms with van der Waals surface area (Å²) in [5, 5.41) is 11.1. The Labute approximate surface area is 181 Å². The van der Waals surface area contributed by atoms with E-state index >= 15 is 0 Å². The second kappa shape index (κ2) is 8.14. The molecule has 10 atom stereocenters. The van der Waals surface area contributed by atoms with E-state index in [1.807, 2.05) is 0 Å². The van der Waals surface area contributed by atoms with Gasteiger partial charge in [-0.1, -0.05) is 54.4 Å². The van der Waals surface area contributed by atoms with Gasteiger partial charge in [-0.2, -0.15) is 0 Å². The van der Waals surface area contributed by atoms with Crippen molar-refractivity contribution in [1.29, 1.82) is 0 Å². The van der Waals surface area contributed by atoms with Crippen LogP contribution < -0.4 is 0 Å². The Morgan fingerprint density at radius 3 is 2.24 bits per heavy atom. The predicted octanol–water partition coefficient (Wildman–Crippen LogP) is 7.71. The predicted molar refractivity (Wildman–Crippen MR) is 124 cm³/mol. The number of aliphatic hydroxyl groups excluding tert-OH is 1. The van der Waals surface area contributed by atoms with Crippen LogP contribution in [0.4, 0.5) is 0 Å². The standard InChI is InChI=1S/C28H50O/c1-18(2)19(3)17-26(29)20(4)23-12-13-24-22-11-10-21-9-7-8-15-27(21,5)25(22)14-16-28(23,24)6/h18-26,29H,7-17H2,1-6H3/t19-,20-,21?,22-,23+,24-,25-,26?,27-,28+/m0/s1. The Morgan fingerprint density at radius 1 is 0.793 bits per heavy atom. The Bertz CT molecular complexity index is 569. The van der Waals surface area contributed by atoms with Crippen LogP contribution in [-0.4, -0.2) is 11.2 Å². The molecule has 1 nitrogen and oxygen atoms in total. The maximum atomic E-state index is 11.1. The minimum atomic E-state index is -0.114. The first-order chi connectivity index (χ1) is 13.7. The number of fused-ring (bicyclic) bond motifs is 5. The fraction of sp³-hybridized carbons (Fsp3) is 1.00. The highest BCUT2D eigenvalue weighted by atomic mass is 16.3. The molecule has 0 aliphatic heterocycles. The van der Waals surface area contributed by atoms with Crippen molar-refractivity contribution in [3.05, 3.63) is 0 Å². The van der Waals surface area contributed by atoms with E-state index in [9.17, 15) is 5.11 Å². The Balaban J connectivity index is 1.49. The molecule has 0 radical (unpaired) electrons. The first kappa shape index (κ1) is 22.2. The molecule has 2 unspecified atom stereocenters. The minimum absolute atomic E-state index is 0.114. The molecule has 4 rings (SSSR count). The molecule has 0 spiro atoms. The lowest BCUT2D eigenvalue weighted by Gasteiger charge is -2.61. The maximum absolute atomic E-state index is 11.1. The van der Waals surface area contributed by atoms with Gasteiger partial charge in [0.15, 0.2) is 0 Å². The molecule has 0 bridgehead atoms. The van der Waals surface area contributed by atoms with E-state index in [1.54, 1.807) is 0 Å². The summed E-state index contributed by atoms with van der Waals surface area (Å²) in [4.78, 5) is 0. The van der Waals surface area contributed by atoms with Crippen LogP contribution in [0.5, 0.6) is 0 Å². The molecule has 1 N–H and O–H groups in total. The third-order valence-corrected chi connectivity index (χ3v) is 11.6. The first-order valence-corrected chi connectivity index (χ1v) is 13.4. The largest absolute Gasteiger partial charge is 0.393 e. The van der Waals surface area contributed by atoms with Crippen molar-refractivity contribution in [2.45, 2.75) is 118 Å². The molecule has 168 valence electrons. The fourth-order valence-electron chi connectivity index (χ4n) is 9.34. The van der Waals surface area contributed by atoms with Crippen molar-refractivity contribution in [3.63, 3.8) is 0 Å². The highest BCUT2D eigenvalue weighted by Crippen LogP contribution is 2.68. The van der Waals surface area contributed by atoms with Crippen LogP contribution in [0.25, 0.3) is 0 Å². The second-order valence-corrected chi connectivity index (χ2v) is 13.0. The van der Waals surface area contributed by atoms with E-state index in [0.717, 1.165) is 36.0 Å². The zero-order valence-electron chi connectivity index (χ0n) is 20.4. The summed E-state index contributed by atoms with van der Waals surface area (Å²) in [6.45, 7) is 14.7. The fourth-order valence-corrected chi connectivity index (χ4v) is 9.34. The van der Waals surface area contributed by atoms with Crippen molar-refractivity contribution in [1.82, 2.24) is 0 Å². The van der Waals surface area contributed by atoms with E-state index in [1.165, 1.54) is 64.2 Å². The van der Waals surface area contributed by atoms with Gasteiger partial charge in [-0.15, -0.1) is 0 Å². The van der Waals surface area contributed by atoms with Crippen LogP contribution in [0, 0.1) is 58.2 Å². The van der Waals surface area contributed by atoms with Crippen molar-refractivity contribution in [3.8, 4) is 0 Å². The van der Waals surface area contributed by atoms with Gasteiger partial charge in [-0.3, -0.25) is 0 Å². The summed E-state index contributed by atoms with van der Waals surface area (Å²) in [6.07, 6.45) is 15.6. The zero-order chi connectivity index (χ0) is 21.0. The lowest BCUT2D eigenvalue weighted by Crippen LogP contribution is -2.53. The molecular weight excluding hydrogens is 352 g/mol. The van der Waals surface area contributed by atoms with Crippen LogP contribution >= 0.6 is 0 Å². The van der Waals surface area contributed by atoms with E-state index in [-0.39, 0.29) is 6.10 Å². The monoisotopic (exact) mass is 402 g/mol. The molecule has 0 amide bonds. The van der Waals surface area contributed by atoms with Gasteiger partial charge < -0.3 is 5.11 Å². The molecule has 4 fully saturated rings. The highest BCUT2D eigenvalue weighted by Gasteiger charge is 2.60. The molecule has 29 heavy (non-hydrogen) atoms. The van der Waals surface area contributed by atoms with E-state index in [0.29, 0.717) is 28.6 Å². The SMILES string of the molecule is CC(C)[C@@H](C)CC(O)[C@@H](C)[C@H]1CC[C@H]2[C@@H]3CCC4CCCC[C@]4(C)[C@H]3CC[C@]12C. The van der Waals surface area contributed by atoms with Crippen molar-refractivity contribution in [2.75, 3.05) is 0 Å². The van der Waals surface area contributed by atoms with Crippen LogP contribution in [0.3, 0.4) is 0 Å². The molecule has 0 heterocycles. The van der Waals surface area contributed by atoms with Crippen LogP contribution in [-0.2, 0) is 0 Å². The van der Waals surface area contributed by atoms with Gasteiger partial charge in [0.2, 0.25) is 0 Å². The summed E-state index contributed by atoms with van der Waals surface area (Å²) in [7, 11) is 0. The van der Waals surface area contributed by atoms with E-state index in [4.69, 9.17) is 0 Å². The Kier molecular flexibility index (Phi) is 6.22. The number of aliphatic hydroxyl groups is 1. The lowest BCUT2D eigenvalue weighted by atomic mass is 9.44. The van der Waals surface area contributed by atoms with Crippen LogP contribution in [0.1, 0.15) is 112 Å². The minimum Gasteiger partial charge on any atom is -0.393 e. The molecule has 4 saturated carbocycles. The van der Waals surface area contributed by atoms with Crippen LogP contribution in [0.2, 0.25) is 0 Å². The third-order valence-electron chi connectivity index (χ3n) is 11.6. The van der Waals surface area contributed by atoms with E-state index < -0.39 is 0 Å². The van der Waals surface area contributed by atoms with Gasteiger partial charge in [0, 0.05) is 0 Å². The van der Waals surface area contributed by atoms with E-state index in [2.05, 4.69) is 41.5 Å². The molecular formula is C28H50O. The summed E-state index contributed by atoms with van der Waals surface area (Å²) in [6, 6.07) is 0. The van der Waals surface area contributed by atoms with Gasteiger partial charge in [0.05, 0.1) is 6.10 Å². The Morgan fingerprint density at radius 2 is 1.52 bits per heavy atom. The van der Waals surface area contributed by atoms with Gasteiger partial charge >= 0.3 is 0 Å². The summed E-state index contributed by atoms with van der Waals surface area (Å²) in [5.74, 6) is 6.43. The van der Waals surface area contributed by atoms with Gasteiger partial charge in [-0.25, -0.2) is 0 Å². The molecule has 0 saturated heterocycles. The topological polar surface area (TPSA) is 20.2 Å². The number of hydrogen-bond acceptors (Lipinski definition) is 1. The van der Waals surface area contributed by atoms with Gasteiger partial charge in [0.25, 0.3) is 0 Å². The lowest BCUT2D eigenvalue weighted by molar-refractivity contribution is -0.118. The van der Waals surface area contributed by atoms with Gasteiger partial charge in [-0.05, 0) is 116 Å². The average molecular weight is 403 g/mol. The Hall–Kier alpha value is -0.0400. The first-order valence-electron chi connectivity index (χ1n) is 13.4. The molecule has 4 aliphatic carbocycles. The van der Waals surface area contributed by atoms with Gasteiger partial charge in [0.1, 0.15) is 0 Å². The second-order valence-electron chi connectivity index (χ2n) is 13.0. The van der Waals surface area contributed by atoms with Crippen molar-refractivity contribution in [2.24, 2.45) is 58.2 Å². The number of rotatable bonds is 5. The zero-order valence-corrected chi connectivity index (χ0v) is 20.4. The highest BCUT2D eigenvalue weighted by molar-refractivity contribution is 5.09. The smallest absolute Gasteiger partial charge is 0.0571 e. The average Bonchev–Trinajstić information content (AvgIpc) is 3.03. The maximum Gasteiger partial charge on any atom is 0.0571 e. The molecule has 0 aromatic rings. The summed E-state index contributed by atoms with van der Waals surface area (Å²) < 4.78 is 0. The summed E-state index contributed by atoms with van der Waals surface area (Å²) in [5.41, 5.74) is 1.14. The molecule has 1 heteroatoms. The number of hydrogen-bond donors (Lipinski definition) is 1. The van der Waals surface area contributed by atoms with Crippen molar-refractivity contribution < 1.29 is 5.11 Å². The molecule has 0 aromatic heterocycles. The quantitative estimate of drug-likeness (QED) is 0.499. The molecule has 0 aromatic carbocycles. The van der Waals surface area contributed by atoms with Crippen molar-refractivity contribution >= 4 is 0 Å². The van der Waals surface area contributed by atoms with Crippen LogP contribution in [0.15, 0.2) is 0 Å².